The summed E-state index contributed by atoms with van der Waals surface area (Å²) in [6.07, 6.45) is 2.74. The summed E-state index contributed by atoms with van der Waals surface area (Å²) in [5.41, 5.74) is -0.504. The Morgan fingerprint density at radius 1 is 1.24 bits per heavy atom. The molecule has 0 bridgehead atoms. The molecule has 0 saturated carbocycles. The smallest absolute Gasteiger partial charge is 0.272 e. The van der Waals surface area contributed by atoms with Crippen molar-refractivity contribution in [1.82, 2.24) is 4.72 Å². The minimum Gasteiger partial charge on any atom is -0.396 e. The van der Waals surface area contributed by atoms with E-state index in [1.54, 1.807) is 0 Å². The Labute approximate surface area is 122 Å². The summed E-state index contributed by atoms with van der Waals surface area (Å²) in [5, 5.41) is 19.1. The van der Waals surface area contributed by atoms with E-state index in [-0.39, 0.29) is 13.2 Å². The molecule has 0 aliphatic rings. The fourth-order valence-corrected chi connectivity index (χ4v) is 2.83. The number of hydrogen-bond acceptors (Lipinski definition) is 5. The number of nitrogens with zero attached hydrogens (tertiary/aromatic N) is 1. The standard InChI is InChI=1S/C12H17FN2O5S/c13-11-9-10(15(17)18)5-6-12(11)21(19,20)14-7-3-1-2-4-8-16/h5-6,9,14,16H,1-4,7-8H2. The molecule has 0 radical (unpaired) electrons. The molecule has 0 heterocycles. The Kier molecular flexibility index (Phi) is 6.66. The Bertz CT molecular complexity index is 591. The molecule has 1 aromatic rings. The predicted octanol–water partition coefficient (Wildman–Crippen LogP) is 1.56. The minimum atomic E-state index is -4.02. The van der Waals surface area contributed by atoms with Crippen molar-refractivity contribution < 1.29 is 22.8 Å². The summed E-state index contributed by atoms with van der Waals surface area (Å²) in [6, 6.07) is 2.40. The van der Waals surface area contributed by atoms with Crippen LogP contribution in [0.4, 0.5) is 10.1 Å². The topological polar surface area (TPSA) is 110 Å². The first-order chi connectivity index (χ1) is 9.88. The van der Waals surface area contributed by atoms with Crippen molar-refractivity contribution in [1.29, 1.82) is 0 Å². The van der Waals surface area contributed by atoms with Gasteiger partial charge in [0, 0.05) is 19.2 Å². The number of rotatable bonds is 9. The van der Waals surface area contributed by atoms with E-state index in [2.05, 4.69) is 4.72 Å². The second kappa shape index (κ2) is 8.01. The molecule has 0 aliphatic carbocycles. The Balaban J connectivity index is 2.64. The first kappa shape index (κ1) is 17.5. The van der Waals surface area contributed by atoms with Crippen molar-refractivity contribution in [3.63, 3.8) is 0 Å². The van der Waals surface area contributed by atoms with Gasteiger partial charge >= 0.3 is 0 Å². The molecular formula is C12H17FN2O5S. The highest BCUT2D eigenvalue weighted by Crippen LogP contribution is 2.20. The number of benzene rings is 1. The minimum absolute atomic E-state index is 0.0970. The molecule has 0 amide bonds. The van der Waals surface area contributed by atoms with E-state index in [0.29, 0.717) is 18.9 Å². The van der Waals surface area contributed by atoms with E-state index in [1.165, 1.54) is 0 Å². The second-order valence-electron chi connectivity index (χ2n) is 4.41. The van der Waals surface area contributed by atoms with E-state index < -0.39 is 31.3 Å². The van der Waals surface area contributed by atoms with Crippen LogP contribution in [0.15, 0.2) is 23.1 Å². The maximum atomic E-state index is 13.6. The molecule has 2 N–H and O–H groups in total. The lowest BCUT2D eigenvalue weighted by Gasteiger charge is -2.07. The van der Waals surface area contributed by atoms with Gasteiger partial charge in [0.1, 0.15) is 10.7 Å². The van der Waals surface area contributed by atoms with Crippen molar-refractivity contribution in [2.75, 3.05) is 13.2 Å². The van der Waals surface area contributed by atoms with Gasteiger partial charge in [0.15, 0.2) is 0 Å². The van der Waals surface area contributed by atoms with E-state index in [1.807, 2.05) is 0 Å². The highest BCUT2D eigenvalue weighted by atomic mass is 32.2. The van der Waals surface area contributed by atoms with Gasteiger partial charge < -0.3 is 5.11 Å². The quantitative estimate of drug-likeness (QED) is 0.408. The molecule has 7 nitrogen and oxygen atoms in total. The number of sulfonamides is 1. The van der Waals surface area contributed by atoms with Gasteiger partial charge in [-0.3, -0.25) is 10.1 Å². The highest BCUT2D eigenvalue weighted by molar-refractivity contribution is 7.89. The molecule has 0 unspecified atom stereocenters. The van der Waals surface area contributed by atoms with Gasteiger partial charge in [-0.25, -0.2) is 17.5 Å². The van der Waals surface area contributed by atoms with Crippen molar-refractivity contribution in [3.05, 3.63) is 34.1 Å². The van der Waals surface area contributed by atoms with Crippen LogP contribution in [0.5, 0.6) is 0 Å². The van der Waals surface area contributed by atoms with Gasteiger partial charge in [0.05, 0.1) is 11.0 Å². The van der Waals surface area contributed by atoms with Crippen LogP contribution in [0.2, 0.25) is 0 Å². The maximum Gasteiger partial charge on any atom is 0.272 e. The van der Waals surface area contributed by atoms with E-state index in [4.69, 9.17) is 5.11 Å². The van der Waals surface area contributed by atoms with Crippen LogP contribution in [0, 0.1) is 15.9 Å². The zero-order valence-corrected chi connectivity index (χ0v) is 12.1. The number of nitro groups is 1. The van der Waals surface area contributed by atoms with Crippen molar-refractivity contribution >= 4 is 15.7 Å². The molecule has 0 aliphatic heterocycles. The van der Waals surface area contributed by atoms with Crippen molar-refractivity contribution in [2.45, 2.75) is 30.6 Å². The number of nitro benzene ring substituents is 1. The summed E-state index contributed by atoms with van der Waals surface area (Å²) in [5.74, 6) is -1.16. The Morgan fingerprint density at radius 2 is 1.90 bits per heavy atom. The third-order valence-electron chi connectivity index (χ3n) is 2.79. The largest absolute Gasteiger partial charge is 0.396 e. The van der Waals surface area contributed by atoms with Crippen LogP contribution in [0.1, 0.15) is 25.7 Å². The summed E-state index contributed by atoms with van der Waals surface area (Å²) < 4.78 is 39.6. The molecule has 0 spiro atoms. The van der Waals surface area contributed by atoms with E-state index in [0.717, 1.165) is 25.0 Å². The molecular weight excluding hydrogens is 303 g/mol. The fourth-order valence-electron chi connectivity index (χ4n) is 1.70. The number of aliphatic hydroxyl groups excluding tert-OH is 1. The van der Waals surface area contributed by atoms with Crippen molar-refractivity contribution in [2.24, 2.45) is 0 Å². The van der Waals surface area contributed by atoms with Gasteiger partial charge in [-0.2, -0.15) is 0 Å². The third kappa shape index (κ3) is 5.37. The molecule has 1 rings (SSSR count). The molecule has 0 fully saturated rings. The first-order valence-electron chi connectivity index (χ1n) is 6.43. The molecule has 9 heteroatoms. The molecule has 0 aromatic heterocycles. The molecule has 118 valence electrons. The van der Waals surface area contributed by atoms with Gasteiger partial charge in [-0.05, 0) is 18.9 Å². The highest BCUT2D eigenvalue weighted by Gasteiger charge is 2.21. The number of non-ortho nitro benzene ring substituents is 1. The average Bonchev–Trinajstić information content (AvgIpc) is 2.42. The molecule has 1 aromatic carbocycles. The van der Waals surface area contributed by atoms with Crippen LogP contribution >= 0.6 is 0 Å². The number of aliphatic hydroxyl groups is 1. The first-order valence-corrected chi connectivity index (χ1v) is 7.91. The lowest BCUT2D eigenvalue weighted by Crippen LogP contribution is -2.25. The van der Waals surface area contributed by atoms with Gasteiger partial charge in [0.2, 0.25) is 10.0 Å². The summed E-state index contributed by atoms with van der Waals surface area (Å²) in [7, 11) is -4.02. The number of halogens is 1. The fraction of sp³-hybridized carbons (Fsp3) is 0.500. The molecule has 21 heavy (non-hydrogen) atoms. The van der Waals surface area contributed by atoms with Crippen LogP contribution in [0.3, 0.4) is 0 Å². The second-order valence-corrected chi connectivity index (χ2v) is 6.14. The lowest BCUT2D eigenvalue weighted by molar-refractivity contribution is -0.385. The third-order valence-corrected chi connectivity index (χ3v) is 4.29. The monoisotopic (exact) mass is 320 g/mol. The van der Waals surface area contributed by atoms with E-state index in [9.17, 15) is 22.9 Å². The maximum absolute atomic E-state index is 13.6. The zero-order valence-electron chi connectivity index (χ0n) is 11.3. The lowest BCUT2D eigenvalue weighted by atomic mass is 10.2. The zero-order chi connectivity index (χ0) is 15.9. The van der Waals surface area contributed by atoms with Gasteiger partial charge in [-0.15, -0.1) is 0 Å². The molecule has 0 atom stereocenters. The van der Waals surface area contributed by atoms with Crippen LogP contribution in [-0.4, -0.2) is 31.6 Å². The summed E-state index contributed by atoms with van der Waals surface area (Å²) >= 11 is 0. The van der Waals surface area contributed by atoms with Crippen LogP contribution in [-0.2, 0) is 10.0 Å². The van der Waals surface area contributed by atoms with Crippen LogP contribution < -0.4 is 4.72 Å². The summed E-state index contributed by atoms with van der Waals surface area (Å²) in [6.45, 7) is 0.240. The predicted molar refractivity (Wildman–Crippen MR) is 73.8 cm³/mol. The van der Waals surface area contributed by atoms with E-state index >= 15 is 0 Å². The average molecular weight is 320 g/mol. The number of hydrogen-bond donors (Lipinski definition) is 2. The molecule has 0 saturated heterocycles. The van der Waals surface area contributed by atoms with Crippen LogP contribution in [0.25, 0.3) is 0 Å². The number of nitrogens with one attached hydrogen (secondary N) is 1. The van der Waals surface area contributed by atoms with Gasteiger partial charge in [0.25, 0.3) is 5.69 Å². The van der Waals surface area contributed by atoms with Gasteiger partial charge in [-0.1, -0.05) is 12.8 Å². The Hall–Kier alpha value is -1.58. The summed E-state index contributed by atoms with van der Waals surface area (Å²) in [4.78, 5) is 9.06. The van der Waals surface area contributed by atoms with Crippen molar-refractivity contribution in [3.8, 4) is 0 Å². The number of unbranched alkanes of at least 4 members (excludes halogenated alkanes) is 3. The SMILES string of the molecule is O=[N+]([O-])c1ccc(S(=O)(=O)NCCCCCCO)c(F)c1. The Morgan fingerprint density at radius 3 is 2.48 bits per heavy atom. The normalized spacial score (nSPS) is 11.5.